The highest BCUT2D eigenvalue weighted by Crippen LogP contribution is 2.19. The Morgan fingerprint density at radius 1 is 1.50 bits per heavy atom. The third kappa shape index (κ3) is 1.70. The summed E-state index contributed by atoms with van der Waals surface area (Å²) in [4.78, 5) is 0. The molecule has 60 valence electrons. The van der Waals surface area contributed by atoms with E-state index in [1.807, 2.05) is 0 Å². The van der Waals surface area contributed by atoms with Crippen LogP contribution in [0, 0.1) is 11.8 Å². The summed E-state index contributed by atoms with van der Waals surface area (Å²) in [7, 11) is 0. The number of hydrogen-bond acceptors (Lipinski definition) is 2. The van der Waals surface area contributed by atoms with Crippen molar-refractivity contribution < 1.29 is 5.11 Å². The molecule has 1 rings (SSSR count). The van der Waals surface area contributed by atoms with Crippen LogP contribution in [0.4, 0.5) is 0 Å². The van der Waals surface area contributed by atoms with Gasteiger partial charge < -0.3 is 10.4 Å². The van der Waals surface area contributed by atoms with Crippen molar-refractivity contribution in [1.82, 2.24) is 5.32 Å². The fraction of sp³-hybridized carbons (Fsp3) is 1.00. The normalized spacial score (nSPS) is 34.8. The molecular weight excluding hydrogens is 126 g/mol. The van der Waals surface area contributed by atoms with Crippen LogP contribution >= 0.6 is 0 Å². The second kappa shape index (κ2) is 3.35. The zero-order valence-corrected chi connectivity index (χ0v) is 6.80. The van der Waals surface area contributed by atoms with Gasteiger partial charge in [0.15, 0.2) is 0 Å². The maximum absolute atomic E-state index is 9.50. The van der Waals surface area contributed by atoms with E-state index in [0.29, 0.717) is 11.8 Å². The van der Waals surface area contributed by atoms with Gasteiger partial charge in [-0.15, -0.1) is 0 Å². The van der Waals surface area contributed by atoms with Gasteiger partial charge in [0.05, 0.1) is 6.10 Å². The smallest absolute Gasteiger partial charge is 0.0595 e. The van der Waals surface area contributed by atoms with Crippen molar-refractivity contribution >= 4 is 0 Å². The second-order valence-electron chi connectivity index (χ2n) is 3.47. The molecule has 1 heterocycles. The lowest BCUT2D eigenvalue weighted by Crippen LogP contribution is -2.42. The number of rotatable bonds is 1. The van der Waals surface area contributed by atoms with E-state index in [4.69, 9.17) is 0 Å². The maximum atomic E-state index is 9.50. The first kappa shape index (κ1) is 8.02. The molecule has 2 atom stereocenters. The average molecular weight is 143 g/mol. The summed E-state index contributed by atoms with van der Waals surface area (Å²) in [5, 5.41) is 12.8. The number of hydrogen-bond donors (Lipinski definition) is 2. The van der Waals surface area contributed by atoms with Crippen LogP contribution in [0.15, 0.2) is 0 Å². The van der Waals surface area contributed by atoms with E-state index in [1.165, 1.54) is 0 Å². The second-order valence-corrected chi connectivity index (χ2v) is 3.47. The van der Waals surface area contributed by atoms with Crippen molar-refractivity contribution in [2.24, 2.45) is 11.8 Å². The summed E-state index contributed by atoms with van der Waals surface area (Å²) in [6.45, 7) is 6.30. The molecule has 1 saturated heterocycles. The van der Waals surface area contributed by atoms with Gasteiger partial charge in [0, 0.05) is 6.54 Å². The van der Waals surface area contributed by atoms with Gasteiger partial charge >= 0.3 is 0 Å². The van der Waals surface area contributed by atoms with Gasteiger partial charge in [0.25, 0.3) is 0 Å². The average Bonchev–Trinajstić information content (AvgIpc) is 1.88. The van der Waals surface area contributed by atoms with Crippen LogP contribution in [-0.4, -0.2) is 24.3 Å². The van der Waals surface area contributed by atoms with Gasteiger partial charge in [-0.1, -0.05) is 13.8 Å². The van der Waals surface area contributed by atoms with Crippen molar-refractivity contribution in [2.45, 2.75) is 26.4 Å². The number of aliphatic hydroxyl groups excluding tert-OH is 1. The van der Waals surface area contributed by atoms with E-state index in [9.17, 15) is 5.11 Å². The molecule has 0 aromatic rings. The van der Waals surface area contributed by atoms with Gasteiger partial charge in [-0.3, -0.25) is 0 Å². The van der Waals surface area contributed by atoms with Crippen LogP contribution in [0.3, 0.4) is 0 Å². The van der Waals surface area contributed by atoms with E-state index >= 15 is 0 Å². The SMILES string of the molecule is CC(C)[C@@H]1CNCC[C@@H]1O. The predicted octanol–water partition coefficient (Wildman–Crippen LogP) is 0.613. The predicted molar refractivity (Wildman–Crippen MR) is 41.8 cm³/mol. The molecule has 0 bridgehead atoms. The van der Waals surface area contributed by atoms with E-state index < -0.39 is 0 Å². The fourth-order valence-corrected chi connectivity index (χ4v) is 1.55. The Morgan fingerprint density at radius 3 is 2.60 bits per heavy atom. The van der Waals surface area contributed by atoms with Gasteiger partial charge in [0.1, 0.15) is 0 Å². The Labute approximate surface area is 62.6 Å². The molecule has 2 heteroatoms. The van der Waals surface area contributed by atoms with E-state index in [2.05, 4.69) is 19.2 Å². The van der Waals surface area contributed by atoms with Crippen LogP contribution in [-0.2, 0) is 0 Å². The topological polar surface area (TPSA) is 32.3 Å². The van der Waals surface area contributed by atoms with E-state index in [0.717, 1.165) is 19.5 Å². The van der Waals surface area contributed by atoms with E-state index in [1.54, 1.807) is 0 Å². The molecule has 0 aliphatic carbocycles. The number of nitrogens with one attached hydrogen (secondary N) is 1. The first-order valence-corrected chi connectivity index (χ1v) is 4.10. The summed E-state index contributed by atoms with van der Waals surface area (Å²) in [5.74, 6) is 1.07. The van der Waals surface area contributed by atoms with Gasteiger partial charge in [-0.05, 0) is 24.8 Å². The molecule has 0 aromatic heterocycles. The summed E-state index contributed by atoms with van der Waals surface area (Å²) in [5.41, 5.74) is 0. The molecule has 1 fully saturated rings. The highest BCUT2D eigenvalue weighted by atomic mass is 16.3. The third-order valence-corrected chi connectivity index (χ3v) is 2.35. The Morgan fingerprint density at radius 2 is 2.20 bits per heavy atom. The van der Waals surface area contributed by atoms with Crippen molar-refractivity contribution in [1.29, 1.82) is 0 Å². The molecule has 1 aliphatic rings. The lowest BCUT2D eigenvalue weighted by molar-refractivity contribution is 0.0551. The van der Waals surface area contributed by atoms with E-state index in [-0.39, 0.29) is 6.10 Å². The number of piperidine rings is 1. The minimum Gasteiger partial charge on any atom is -0.393 e. The molecule has 0 radical (unpaired) electrons. The molecular formula is C8H17NO. The zero-order valence-electron chi connectivity index (χ0n) is 6.80. The minimum atomic E-state index is -0.0683. The van der Waals surface area contributed by atoms with Gasteiger partial charge in [-0.25, -0.2) is 0 Å². The summed E-state index contributed by atoms with van der Waals surface area (Å²) in [6.07, 6.45) is 0.851. The molecule has 1 aliphatic heterocycles. The molecule has 0 amide bonds. The first-order valence-electron chi connectivity index (χ1n) is 4.10. The molecule has 10 heavy (non-hydrogen) atoms. The lowest BCUT2D eigenvalue weighted by atomic mass is 9.86. The molecule has 0 unspecified atom stereocenters. The molecule has 2 nitrogen and oxygen atoms in total. The standard InChI is InChI=1S/C8H17NO/c1-6(2)7-5-9-4-3-8(7)10/h6-10H,3-5H2,1-2H3/t7-,8-/m0/s1. The zero-order chi connectivity index (χ0) is 7.56. The Kier molecular flexibility index (Phi) is 2.69. The van der Waals surface area contributed by atoms with Crippen molar-refractivity contribution in [3.8, 4) is 0 Å². The number of aliphatic hydroxyl groups is 1. The lowest BCUT2D eigenvalue weighted by Gasteiger charge is -2.31. The van der Waals surface area contributed by atoms with Crippen LogP contribution in [0.2, 0.25) is 0 Å². The van der Waals surface area contributed by atoms with Gasteiger partial charge in [-0.2, -0.15) is 0 Å². The fourth-order valence-electron chi connectivity index (χ4n) is 1.55. The van der Waals surface area contributed by atoms with Crippen molar-refractivity contribution in [3.05, 3.63) is 0 Å². The highest BCUT2D eigenvalue weighted by Gasteiger charge is 2.24. The maximum Gasteiger partial charge on any atom is 0.0595 e. The van der Waals surface area contributed by atoms with Crippen molar-refractivity contribution in [2.75, 3.05) is 13.1 Å². The third-order valence-electron chi connectivity index (χ3n) is 2.35. The Balaban J connectivity index is 2.40. The molecule has 2 N–H and O–H groups in total. The molecule has 0 spiro atoms. The largest absolute Gasteiger partial charge is 0.393 e. The van der Waals surface area contributed by atoms with Crippen LogP contribution in [0.5, 0.6) is 0 Å². The first-order chi connectivity index (χ1) is 4.72. The molecule has 0 saturated carbocycles. The summed E-state index contributed by atoms with van der Waals surface area (Å²) < 4.78 is 0. The van der Waals surface area contributed by atoms with Crippen LogP contribution < -0.4 is 5.32 Å². The summed E-state index contributed by atoms with van der Waals surface area (Å²) in [6, 6.07) is 0. The Hall–Kier alpha value is -0.0800. The highest BCUT2D eigenvalue weighted by molar-refractivity contribution is 4.78. The van der Waals surface area contributed by atoms with Crippen LogP contribution in [0.25, 0.3) is 0 Å². The monoisotopic (exact) mass is 143 g/mol. The molecule has 0 aromatic carbocycles. The van der Waals surface area contributed by atoms with Gasteiger partial charge in [0.2, 0.25) is 0 Å². The minimum absolute atomic E-state index is 0.0683. The quantitative estimate of drug-likeness (QED) is 0.564. The summed E-state index contributed by atoms with van der Waals surface area (Å²) >= 11 is 0. The van der Waals surface area contributed by atoms with Crippen LogP contribution in [0.1, 0.15) is 20.3 Å². The Bertz CT molecular complexity index is 103. The van der Waals surface area contributed by atoms with Crippen molar-refractivity contribution in [3.63, 3.8) is 0 Å².